The summed E-state index contributed by atoms with van der Waals surface area (Å²) >= 11 is 0. The van der Waals surface area contributed by atoms with Crippen LogP contribution < -0.4 is 10.6 Å². The minimum atomic E-state index is -0.556. The van der Waals surface area contributed by atoms with Crippen LogP contribution in [0.5, 0.6) is 0 Å². The van der Waals surface area contributed by atoms with Crippen LogP contribution in [-0.2, 0) is 4.79 Å². The van der Waals surface area contributed by atoms with E-state index in [-0.39, 0.29) is 23.6 Å². The van der Waals surface area contributed by atoms with Gasteiger partial charge in [-0.3, -0.25) is 9.59 Å². The molecule has 1 unspecified atom stereocenters. The van der Waals surface area contributed by atoms with Crippen molar-refractivity contribution >= 4 is 11.8 Å². The molecule has 1 atom stereocenters. The summed E-state index contributed by atoms with van der Waals surface area (Å²) < 4.78 is 5.06. The van der Waals surface area contributed by atoms with Gasteiger partial charge in [0.1, 0.15) is 6.04 Å². The van der Waals surface area contributed by atoms with E-state index >= 15 is 0 Å². The van der Waals surface area contributed by atoms with Crippen LogP contribution in [0.3, 0.4) is 0 Å². The van der Waals surface area contributed by atoms with Crippen molar-refractivity contribution in [2.45, 2.75) is 45.2 Å². The first-order valence-corrected chi connectivity index (χ1v) is 7.99. The fraction of sp³-hybridized carbons (Fsp3) is 0.625. The molecule has 1 aromatic heterocycles. The quantitative estimate of drug-likeness (QED) is 0.833. The highest BCUT2D eigenvalue weighted by atomic mass is 16.3. The van der Waals surface area contributed by atoms with Gasteiger partial charge in [-0.2, -0.15) is 0 Å². The van der Waals surface area contributed by atoms with Crippen LogP contribution in [0.1, 0.15) is 43.7 Å². The van der Waals surface area contributed by atoms with Crippen LogP contribution >= 0.6 is 0 Å². The number of nitrogens with one attached hydrogen (secondary N) is 2. The van der Waals surface area contributed by atoms with Crippen molar-refractivity contribution in [1.82, 2.24) is 15.5 Å². The first-order chi connectivity index (χ1) is 10.6. The zero-order valence-electron chi connectivity index (χ0n) is 13.3. The number of furan rings is 1. The Kier molecular flexibility index (Phi) is 6.00. The molecule has 2 rings (SSSR count). The van der Waals surface area contributed by atoms with E-state index < -0.39 is 6.04 Å². The second kappa shape index (κ2) is 7.98. The van der Waals surface area contributed by atoms with Gasteiger partial charge in [-0.1, -0.05) is 6.92 Å². The lowest BCUT2D eigenvalue weighted by molar-refractivity contribution is -0.135. The maximum absolute atomic E-state index is 12.7. The Labute approximate surface area is 131 Å². The van der Waals surface area contributed by atoms with E-state index in [2.05, 4.69) is 17.6 Å². The average Bonchev–Trinajstić information content (AvgIpc) is 3.07. The Morgan fingerprint density at radius 1 is 1.45 bits per heavy atom. The molecule has 2 amide bonds. The van der Waals surface area contributed by atoms with E-state index in [1.165, 1.54) is 6.26 Å². The van der Waals surface area contributed by atoms with E-state index in [9.17, 15) is 9.59 Å². The Bertz CT molecular complexity index is 481. The first-order valence-electron chi connectivity index (χ1n) is 7.99. The second-order valence-electron chi connectivity index (χ2n) is 5.69. The molecule has 1 aromatic rings. The molecular formula is C16H25N3O3. The molecule has 0 radical (unpaired) electrons. The third-order valence-corrected chi connectivity index (χ3v) is 3.96. The number of rotatable bonds is 6. The summed E-state index contributed by atoms with van der Waals surface area (Å²) in [6.07, 6.45) is 4.28. The van der Waals surface area contributed by atoms with E-state index in [1.54, 1.807) is 19.1 Å². The van der Waals surface area contributed by atoms with E-state index in [0.29, 0.717) is 0 Å². The minimum Gasteiger partial charge on any atom is -0.459 e. The molecule has 22 heavy (non-hydrogen) atoms. The van der Waals surface area contributed by atoms with Gasteiger partial charge in [-0.25, -0.2) is 0 Å². The lowest BCUT2D eigenvalue weighted by atomic mass is 10.0. The van der Waals surface area contributed by atoms with Crippen LogP contribution in [-0.4, -0.2) is 48.4 Å². The van der Waals surface area contributed by atoms with Gasteiger partial charge < -0.3 is 20.0 Å². The molecule has 1 saturated heterocycles. The highest BCUT2D eigenvalue weighted by molar-refractivity contribution is 5.95. The SMILES string of the molecule is CCCN(C(=O)C(C)NC(=O)c1ccco1)C1CCNCC1. The summed E-state index contributed by atoms with van der Waals surface area (Å²) in [5.41, 5.74) is 0. The van der Waals surface area contributed by atoms with Gasteiger partial charge in [0.2, 0.25) is 5.91 Å². The van der Waals surface area contributed by atoms with Crippen LogP contribution in [0.25, 0.3) is 0 Å². The number of hydrogen-bond acceptors (Lipinski definition) is 4. The normalized spacial score (nSPS) is 17.0. The number of carbonyl (C=O) groups is 2. The van der Waals surface area contributed by atoms with Crippen molar-refractivity contribution in [2.24, 2.45) is 0 Å². The fourth-order valence-electron chi connectivity index (χ4n) is 2.82. The zero-order valence-corrected chi connectivity index (χ0v) is 13.3. The van der Waals surface area contributed by atoms with Crippen LogP contribution in [0.15, 0.2) is 22.8 Å². The van der Waals surface area contributed by atoms with Crippen LogP contribution in [0.4, 0.5) is 0 Å². The Morgan fingerprint density at radius 2 is 2.18 bits per heavy atom. The second-order valence-corrected chi connectivity index (χ2v) is 5.69. The molecule has 1 aliphatic heterocycles. The maximum atomic E-state index is 12.7. The molecule has 1 aliphatic rings. The molecule has 0 spiro atoms. The molecule has 6 nitrogen and oxygen atoms in total. The summed E-state index contributed by atoms with van der Waals surface area (Å²) in [5, 5.41) is 6.03. The molecule has 122 valence electrons. The monoisotopic (exact) mass is 307 g/mol. The molecule has 2 N–H and O–H groups in total. The predicted octanol–water partition coefficient (Wildman–Crippen LogP) is 1.39. The smallest absolute Gasteiger partial charge is 0.287 e. The Hall–Kier alpha value is -1.82. The van der Waals surface area contributed by atoms with E-state index in [0.717, 1.165) is 38.9 Å². The van der Waals surface area contributed by atoms with Crippen molar-refractivity contribution in [3.05, 3.63) is 24.2 Å². The van der Waals surface area contributed by atoms with Gasteiger partial charge in [-0.05, 0) is 51.4 Å². The van der Waals surface area contributed by atoms with Gasteiger partial charge in [0, 0.05) is 12.6 Å². The molecule has 1 fully saturated rings. The highest BCUT2D eigenvalue weighted by Gasteiger charge is 2.29. The van der Waals surface area contributed by atoms with Gasteiger partial charge >= 0.3 is 0 Å². The summed E-state index contributed by atoms with van der Waals surface area (Å²) in [6, 6.07) is 2.94. The largest absolute Gasteiger partial charge is 0.459 e. The zero-order chi connectivity index (χ0) is 15.9. The summed E-state index contributed by atoms with van der Waals surface area (Å²) in [7, 11) is 0. The molecular weight excluding hydrogens is 282 g/mol. The summed E-state index contributed by atoms with van der Waals surface area (Å²) in [4.78, 5) is 26.6. The van der Waals surface area contributed by atoms with Gasteiger partial charge in [0.05, 0.1) is 6.26 Å². The predicted molar refractivity (Wildman–Crippen MR) is 83.5 cm³/mol. The van der Waals surface area contributed by atoms with Crippen molar-refractivity contribution in [3.63, 3.8) is 0 Å². The van der Waals surface area contributed by atoms with Gasteiger partial charge in [-0.15, -0.1) is 0 Å². The van der Waals surface area contributed by atoms with Crippen molar-refractivity contribution < 1.29 is 14.0 Å². The third-order valence-electron chi connectivity index (χ3n) is 3.96. The third kappa shape index (κ3) is 4.10. The Morgan fingerprint density at radius 3 is 2.77 bits per heavy atom. The molecule has 0 aliphatic carbocycles. The van der Waals surface area contributed by atoms with E-state index in [1.807, 2.05) is 4.90 Å². The fourth-order valence-corrected chi connectivity index (χ4v) is 2.82. The number of carbonyl (C=O) groups excluding carboxylic acids is 2. The maximum Gasteiger partial charge on any atom is 0.287 e. The van der Waals surface area contributed by atoms with Crippen LogP contribution in [0.2, 0.25) is 0 Å². The number of amides is 2. The van der Waals surface area contributed by atoms with Crippen molar-refractivity contribution in [2.75, 3.05) is 19.6 Å². The first kappa shape index (κ1) is 16.5. The van der Waals surface area contributed by atoms with Gasteiger partial charge in [0.15, 0.2) is 5.76 Å². The topological polar surface area (TPSA) is 74.6 Å². The summed E-state index contributed by atoms with van der Waals surface area (Å²) in [6.45, 7) is 6.39. The number of hydrogen-bond donors (Lipinski definition) is 2. The van der Waals surface area contributed by atoms with Gasteiger partial charge in [0.25, 0.3) is 5.91 Å². The van der Waals surface area contributed by atoms with Crippen molar-refractivity contribution in [1.29, 1.82) is 0 Å². The molecule has 0 saturated carbocycles. The van der Waals surface area contributed by atoms with Crippen molar-refractivity contribution in [3.8, 4) is 0 Å². The lowest BCUT2D eigenvalue weighted by Crippen LogP contribution is -2.53. The number of piperidine rings is 1. The molecule has 0 aromatic carbocycles. The molecule has 6 heteroatoms. The molecule has 0 bridgehead atoms. The average molecular weight is 307 g/mol. The highest BCUT2D eigenvalue weighted by Crippen LogP contribution is 2.14. The Balaban J connectivity index is 1.97. The standard InChI is InChI=1S/C16H25N3O3/c1-3-10-19(13-6-8-17-9-7-13)16(21)12(2)18-15(20)14-5-4-11-22-14/h4-5,11-13,17H,3,6-10H2,1-2H3,(H,18,20). The van der Waals surface area contributed by atoms with E-state index in [4.69, 9.17) is 4.42 Å². The lowest BCUT2D eigenvalue weighted by Gasteiger charge is -2.36. The number of nitrogens with zero attached hydrogens (tertiary/aromatic N) is 1. The minimum absolute atomic E-state index is 0.0198. The molecule has 2 heterocycles. The van der Waals surface area contributed by atoms with Crippen LogP contribution in [0, 0.1) is 0 Å². The summed E-state index contributed by atoms with van der Waals surface area (Å²) in [5.74, 6) is -0.148.